The summed E-state index contributed by atoms with van der Waals surface area (Å²) in [5, 5.41) is 4.38. The Morgan fingerprint density at radius 1 is 1.26 bits per heavy atom. The van der Waals surface area contributed by atoms with Gasteiger partial charge in [-0.25, -0.2) is 0 Å². The molecule has 0 bridgehead atoms. The van der Waals surface area contributed by atoms with E-state index >= 15 is 0 Å². The highest BCUT2D eigenvalue weighted by atomic mass is 16.2. The van der Waals surface area contributed by atoms with Gasteiger partial charge in [-0.1, -0.05) is 19.9 Å². The molecule has 0 aliphatic carbocycles. The van der Waals surface area contributed by atoms with Crippen molar-refractivity contribution in [1.82, 2.24) is 24.6 Å². The summed E-state index contributed by atoms with van der Waals surface area (Å²) in [4.78, 5) is 33.1. The average molecular weight is 369 g/mol. The van der Waals surface area contributed by atoms with Gasteiger partial charge in [0.1, 0.15) is 0 Å². The Morgan fingerprint density at radius 2 is 2.07 bits per heavy atom. The third kappa shape index (κ3) is 4.72. The molecule has 1 atom stereocenters. The maximum absolute atomic E-state index is 12.8. The number of aromatic nitrogens is 3. The zero-order chi connectivity index (χ0) is 19.4. The highest BCUT2D eigenvalue weighted by Crippen LogP contribution is 2.25. The van der Waals surface area contributed by atoms with Crippen molar-refractivity contribution in [3.8, 4) is 0 Å². The van der Waals surface area contributed by atoms with Gasteiger partial charge < -0.3 is 9.80 Å². The van der Waals surface area contributed by atoms with E-state index < -0.39 is 0 Å². The SMILES string of the molecule is CC(C)CC(=O)N1Cc2ccnn2C(CC(=O)N(C)Cc2ccccn2)C1. The third-order valence-corrected chi connectivity index (χ3v) is 4.78. The summed E-state index contributed by atoms with van der Waals surface area (Å²) < 4.78 is 1.89. The molecule has 144 valence electrons. The van der Waals surface area contributed by atoms with E-state index in [0.29, 0.717) is 38.4 Å². The van der Waals surface area contributed by atoms with E-state index in [1.54, 1.807) is 24.3 Å². The van der Waals surface area contributed by atoms with Crippen molar-refractivity contribution in [2.75, 3.05) is 13.6 Å². The monoisotopic (exact) mass is 369 g/mol. The zero-order valence-electron chi connectivity index (χ0n) is 16.2. The molecule has 2 aromatic heterocycles. The van der Waals surface area contributed by atoms with Crippen LogP contribution in [0.15, 0.2) is 36.7 Å². The predicted molar refractivity (Wildman–Crippen MR) is 101 cm³/mol. The Morgan fingerprint density at radius 3 is 2.78 bits per heavy atom. The van der Waals surface area contributed by atoms with E-state index in [4.69, 9.17) is 0 Å². The quantitative estimate of drug-likeness (QED) is 0.783. The summed E-state index contributed by atoms with van der Waals surface area (Å²) in [5.74, 6) is 0.468. The standard InChI is InChI=1S/C20H27N5O2/c1-15(2)10-20(27)24-13-17-7-9-22-25(17)18(14-24)11-19(26)23(3)12-16-6-4-5-8-21-16/h4-9,15,18H,10-14H2,1-3H3. The number of hydrogen-bond donors (Lipinski definition) is 0. The van der Waals surface area contributed by atoms with E-state index in [2.05, 4.69) is 10.1 Å². The first kappa shape index (κ1) is 19.1. The number of carbonyl (C=O) groups is 2. The molecule has 0 fully saturated rings. The molecule has 1 unspecified atom stereocenters. The van der Waals surface area contributed by atoms with E-state index in [1.165, 1.54) is 0 Å². The molecule has 1 aliphatic rings. The first-order chi connectivity index (χ1) is 12.9. The minimum absolute atomic E-state index is 0.0188. The molecule has 7 heteroatoms. The summed E-state index contributed by atoms with van der Waals surface area (Å²) >= 11 is 0. The number of rotatable bonds is 6. The Balaban J connectivity index is 1.67. The Hall–Kier alpha value is -2.70. The predicted octanol–water partition coefficient (Wildman–Crippen LogP) is 2.26. The van der Waals surface area contributed by atoms with Crippen LogP contribution in [0.5, 0.6) is 0 Å². The second-order valence-electron chi connectivity index (χ2n) is 7.57. The van der Waals surface area contributed by atoms with Gasteiger partial charge in [-0.3, -0.25) is 19.3 Å². The van der Waals surface area contributed by atoms with Crippen LogP contribution >= 0.6 is 0 Å². The fourth-order valence-electron chi connectivity index (χ4n) is 3.39. The number of hydrogen-bond acceptors (Lipinski definition) is 4. The van der Waals surface area contributed by atoms with Crippen LogP contribution in [0.4, 0.5) is 0 Å². The van der Waals surface area contributed by atoms with E-state index in [0.717, 1.165) is 11.4 Å². The van der Waals surface area contributed by atoms with Crippen LogP contribution < -0.4 is 0 Å². The molecular weight excluding hydrogens is 342 g/mol. The number of nitrogens with zero attached hydrogens (tertiary/aromatic N) is 5. The number of amides is 2. The van der Waals surface area contributed by atoms with Crippen LogP contribution in [-0.4, -0.2) is 50.0 Å². The van der Waals surface area contributed by atoms with Crippen molar-refractivity contribution in [2.24, 2.45) is 5.92 Å². The summed E-state index contributed by atoms with van der Waals surface area (Å²) in [6.07, 6.45) is 4.29. The van der Waals surface area contributed by atoms with Gasteiger partial charge >= 0.3 is 0 Å². The Kier molecular flexibility index (Phi) is 5.88. The molecule has 7 nitrogen and oxygen atoms in total. The average Bonchev–Trinajstić information content (AvgIpc) is 3.10. The molecule has 2 amide bonds. The second kappa shape index (κ2) is 8.33. The summed E-state index contributed by atoms with van der Waals surface area (Å²) in [7, 11) is 1.78. The molecular formula is C20H27N5O2. The largest absolute Gasteiger partial charge is 0.340 e. The fraction of sp³-hybridized carbons (Fsp3) is 0.500. The third-order valence-electron chi connectivity index (χ3n) is 4.78. The summed E-state index contributed by atoms with van der Waals surface area (Å²) in [5.41, 5.74) is 1.83. The smallest absolute Gasteiger partial charge is 0.224 e. The maximum Gasteiger partial charge on any atom is 0.224 e. The molecule has 0 radical (unpaired) electrons. The zero-order valence-corrected chi connectivity index (χ0v) is 16.2. The van der Waals surface area contributed by atoms with Gasteiger partial charge in [-0.05, 0) is 24.1 Å². The number of fused-ring (bicyclic) bond motifs is 1. The lowest BCUT2D eigenvalue weighted by Crippen LogP contribution is -2.43. The molecule has 0 N–H and O–H groups in total. The van der Waals surface area contributed by atoms with Crippen molar-refractivity contribution in [3.63, 3.8) is 0 Å². The molecule has 0 spiro atoms. The molecule has 27 heavy (non-hydrogen) atoms. The highest BCUT2D eigenvalue weighted by Gasteiger charge is 2.30. The van der Waals surface area contributed by atoms with Gasteiger partial charge in [-0.15, -0.1) is 0 Å². The van der Waals surface area contributed by atoms with Crippen LogP contribution in [0, 0.1) is 5.92 Å². The fourth-order valence-corrected chi connectivity index (χ4v) is 3.39. The van der Waals surface area contributed by atoms with Crippen LogP contribution in [0.3, 0.4) is 0 Å². The summed E-state index contributed by atoms with van der Waals surface area (Å²) in [6, 6.07) is 7.45. The van der Waals surface area contributed by atoms with Crippen molar-refractivity contribution in [3.05, 3.63) is 48.0 Å². The first-order valence-corrected chi connectivity index (χ1v) is 9.38. The van der Waals surface area contributed by atoms with Crippen molar-refractivity contribution in [1.29, 1.82) is 0 Å². The van der Waals surface area contributed by atoms with Gasteiger partial charge in [0.2, 0.25) is 11.8 Å². The van der Waals surface area contributed by atoms with Gasteiger partial charge in [0, 0.05) is 32.4 Å². The van der Waals surface area contributed by atoms with Crippen molar-refractivity contribution >= 4 is 11.8 Å². The molecule has 2 aromatic rings. The number of carbonyl (C=O) groups excluding carboxylic acids is 2. The topological polar surface area (TPSA) is 71.3 Å². The molecule has 3 rings (SSSR count). The highest BCUT2D eigenvalue weighted by molar-refractivity contribution is 5.78. The van der Waals surface area contributed by atoms with E-state index in [-0.39, 0.29) is 17.9 Å². The van der Waals surface area contributed by atoms with Crippen LogP contribution in [0.1, 0.15) is 44.1 Å². The van der Waals surface area contributed by atoms with Gasteiger partial charge in [0.05, 0.1) is 36.9 Å². The lowest BCUT2D eigenvalue weighted by Gasteiger charge is -2.34. The molecule has 1 aliphatic heterocycles. The van der Waals surface area contributed by atoms with Gasteiger partial charge in [0.15, 0.2) is 0 Å². The first-order valence-electron chi connectivity index (χ1n) is 9.38. The molecule has 0 aromatic carbocycles. The number of pyridine rings is 1. The molecule has 3 heterocycles. The normalized spacial score (nSPS) is 16.3. The lowest BCUT2D eigenvalue weighted by molar-refractivity contribution is -0.136. The van der Waals surface area contributed by atoms with Crippen LogP contribution in [-0.2, 0) is 22.7 Å². The Labute approximate surface area is 160 Å². The van der Waals surface area contributed by atoms with Crippen LogP contribution in [0.25, 0.3) is 0 Å². The minimum atomic E-state index is -0.140. The summed E-state index contributed by atoms with van der Waals surface area (Å²) in [6.45, 7) is 5.62. The lowest BCUT2D eigenvalue weighted by atomic mass is 10.1. The van der Waals surface area contributed by atoms with Crippen LogP contribution in [0.2, 0.25) is 0 Å². The maximum atomic E-state index is 12.8. The Bertz CT molecular complexity index is 787. The molecule has 0 saturated heterocycles. The van der Waals surface area contributed by atoms with E-state index in [1.807, 2.05) is 47.7 Å². The minimum Gasteiger partial charge on any atom is -0.340 e. The second-order valence-corrected chi connectivity index (χ2v) is 7.57. The van der Waals surface area contributed by atoms with Gasteiger partial charge in [0.25, 0.3) is 0 Å². The van der Waals surface area contributed by atoms with Crippen molar-refractivity contribution < 1.29 is 9.59 Å². The molecule has 0 saturated carbocycles. The van der Waals surface area contributed by atoms with Gasteiger partial charge in [-0.2, -0.15) is 5.10 Å². The van der Waals surface area contributed by atoms with E-state index in [9.17, 15) is 9.59 Å². The van der Waals surface area contributed by atoms with Crippen molar-refractivity contribution in [2.45, 2.75) is 45.8 Å².